The Morgan fingerprint density at radius 2 is 2.05 bits per heavy atom. The maximum absolute atomic E-state index is 12.4. The van der Waals surface area contributed by atoms with Crippen LogP contribution in [0.4, 0.5) is 0 Å². The summed E-state index contributed by atoms with van der Waals surface area (Å²) in [6.07, 6.45) is 8.57. The zero-order valence-corrected chi connectivity index (χ0v) is 13.4. The number of halogens is 1. The van der Waals surface area contributed by atoms with Crippen molar-refractivity contribution in [1.29, 1.82) is 0 Å². The van der Waals surface area contributed by atoms with Gasteiger partial charge in [0.2, 0.25) is 0 Å². The molecule has 1 nitrogen and oxygen atoms in total. The van der Waals surface area contributed by atoms with Crippen molar-refractivity contribution < 1.29 is 4.79 Å². The first-order valence-corrected chi connectivity index (χ1v) is 8.61. The summed E-state index contributed by atoms with van der Waals surface area (Å²) in [6.45, 7) is 4.22. The quantitative estimate of drug-likeness (QED) is 0.619. The van der Waals surface area contributed by atoms with Crippen molar-refractivity contribution in [1.82, 2.24) is 0 Å². The fraction of sp³-hybridized carbons (Fsp3) is 0.688. The summed E-state index contributed by atoms with van der Waals surface area (Å²) in [6, 6.07) is 1.96. The molecule has 0 unspecified atom stereocenters. The van der Waals surface area contributed by atoms with Gasteiger partial charge < -0.3 is 0 Å². The smallest absolute Gasteiger partial charge is 0.175 e. The zero-order valence-electron chi connectivity index (χ0n) is 11.9. The Bertz CT molecular complexity index is 410. The summed E-state index contributed by atoms with van der Waals surface area (Å²) in [5.41, 5.74) is 1.03. The van der Waals surface area contributed by atoms with Crippen molar-refractivity contribution in [3.63, 3.8) is 0 Å². The first-order valence-electron chi connectivity index (χ1n) is 7.42. The number of ketones is 1. The predicted octanol–water partition coefficient (Wildman–Crippen LogP) is 5.89. The molecule has 0 bridgehead atoms. The van der Waals surface area contributed by atoms with Crippen LogP contribution < -0.4 is 0 Å². The number of rotatable bonds is 5. The van der Waals surface area contributed by atoms with Gasteiger partial charge in [-0.15, -0.1) is 11.3 Å². The van der Waals surface area contributed by atoms with Gasteiger partial charge in [0.25, 0.3) is 0 Å². The molecule has 0 aliphatic heterocycles. The van der Waals surface area contributed by atoms with Gasteiger partial charge in [-0.25, -0.2) is 0 Å². The van der Waals surface area contributed by atoms with E-state index in [1.807, 2.05) is 13.0 Å². The van der Waals surface area contributed by atoms with Crippen molar-refractivity contribution in [2.24, 2.45) is 11.8 Å². The summed E-state index contributed by atoms with van der Waals surface area (Å²) < 4.78 is 0.764. The predicted molar refractivity (Wildman–Crippen MR) is 83.4 cm³/mol. The number of carbonyl (C=O) groups excluding carboxylic acids is 1. The summed E-state index contributed by atoms with van der Waals surface area (Å²) in [4.78, 5) is 13.3. The van der Waals surface area contributed by atoms with Gasteiger partial charge in [-0.2, -0.15) is 0 Å². The van der Waals surface area contributed by atoms with Gasteiger partial charge >= 0.3 is 0 Å². The van der Waals surface area contributed by atoms with Crippen LogP contribution >= 0.6 is 22.9 Å². The zero-order chi connectivity index (χ0) is 13.8. The molecule has 1 aromatic heterocycles. The van der Waals surface area contributed by atoms with E-state index in [1.54, 1.807) is 0 Å². The standard InChI is InChI=1S/C16H23ClOS/c1-3-4-5-12-6-8-13(9-7-12)15(18)14-10-11(2)16(17)19-14/h10,12-13H,3-9H2,1-2H3. The van der Waals surface area contributed by atoms with E-state index in [1.165, 1.54) is 43.4 Å². The SMILES string of the molecule is CCCCC1CCC(C(=O)c2cc(C)c(Cl)s2)CC1. The fourth-order valence-electron chi connectivity index (χ4n) is 2.99. The van der Waals surface area contributed by atoms with Crippen molar-refractivity contribution in [3.05, 3.63) is 20.8 Å². The molecule has 0 saturated heterocycles. The third-order valence-electron chi connectivity index (χ3n) is 4.28. The molecule has 0 atom stereocenters. The van der Waals surface area contributed by atoms with Crippen LogP contribution in [-0.4, -0.2) is 5.78 Å². The number of Topliss-reactive ketones (excluding diaryl/α,β-unsaturated/α-hetero) is 1. The highest BCUT2D eigenvalue weighted by atomic mass is 35.5. The number of hydrogen-bond donors (Lipinski definition) is 0. The molecule has 1 heterocycles. The number of unbranched alkanes of at least 4 members (excludes halogenated alkanes) is 1. The normalized spacial score (nSPS) is 23.5. The fourth-order valence-corrected chi connectivity index (χ4v) is 4.21. The first-order chi connectivity index (χ1) is 9.11. The van der Waals surface area contributed by atoms with E-state index in [-0.39, 0.29) is 5.92 Å². The molecule has 0 radical (unpaired) electrons. The molecule has 0 N–H and O–H groups in total. The van der Waals surface area contributed by atoms with Crippen molar-refractivity contribution in [2.75, 3.05) is 0 Å². The number of carbonyl (C=O) groups is 1. The number of aryl methyl sites for hydroxylation is 1. The molecule has 0 spiro atoms. The molecule has 1 saturated carbocycles. The van der Waals surface area contributed by atoms with E-state index in [2.05, 4.69) is 6.92 Å². The molecule has 1 aliphatic carbocycles. The maximum Gasteiger partial charge on any atom is 0.175 e. The van der Waals surface area contributed by atoms with Crippen molar-refractivity contribution >= 4 is 28.7 Å². The Hall–Kier alpha value is -0.340. The second kappa shape index (κ2) is 6.90. The van der Waals surface area contributed by atoms with Gasteiger partial charge in [0, 0.05) is 5.92 Å². The van der Waals surface area contributed by atoms with E-state index >= 15 is 0 Å². The molecule has 1 fully saturated rings. The Morgan fingerprint density at radius 3 is 2.58 bits per heavy atom. The van der Waals surface area contributed by atoms with E-state index < -0.39 is 0 Å². The van der Waals surface area contributed by atoms with Crippen LogP contribution in [-0.2, 0) is 0 Å². The highest BCUT2D eigenvalue weighted by molar-refractivity contribution is 7.18. The molecule has 1 aromatic rings. The van der Waals surface area contributed by atoms with E-state index in [0.717, 1.165) is 33.5 Å². The molecule has 19 heavy (non-hydrogen) atoms. The number of thiophene rings is 1. The molecule has 1 aliphatic rings. The number of hydrogen-bond acceptors (Lipinski definition) is 2. The van der Waals surface area contributed by atoms with Crippen LogP contribution in [0.5, 0.6) is 0 Å². The molecule has 2 rings (SSSR count). The third kappa shape index (κ3) is 3.82. The summed E-state index contributed by atoms with van der Waals surface area (Å²) in [5, 5.41) is 0. The molecule has 3 heteroatoms. The summed E-state index contributed by atoms with van der Waals surface area (Å²) in [7, 11) is 0. The van der Waals surface area contributed by atoms with E-state index in [0.29, 0.717) is 5.78 Å². The maximum atomic E-state index is 12.4. The second-order valence-corrected chi connectivity index (χ2v) is 7.45. The van der Waals surface area contributed by atoms with Crippen LogP contribution in [0.25, 0.3) is 0 Å². The largest absolute Gasteiger partial charge is 0.293 e. The Kier molecular flexibility index (Phi) is 5.47. The van der Waals surface area contributed by atoms with Gasteiger partial charge in [-0.05, 0) is 50.2 Å². The monoisotopic (exact) mass is 298 g/mol. The Morgan fingerprint density at radius 1 is 1.37 bits per heavy atom. The van der Waals surface area contributed by atoms with Gasteiger partial charge in [0.1, 0.15) is 0 Å². The molecule has 0 amide bonds. The van der Waals surface area contributed by atoms with Crippen molar-refractivity contribution in [2.45, 2.75) is 58.8 Å². The first kappa shape index (κ1) is 15.1. The summed E-state index contributed by atoms with van der Waals surface area (Å²) in [5.74, 6) is 1.43. The van der Waals surface area contributed by atoms with Gasteiger partial charge in [-0.3, -0.25) is 4.79 Å². The van der Waals surface area contributed by atoms with E-state index in [9.17, 15) is 4.79 Å². The van der Waals surface area contributed by atoms with E-state index in [4.69, 9.17) is 11.6 Å². The van der Waals surface area contributed by atoms with Crippen LogP contribution in [0.3, 0.4) is 0 Å². The van der Waals surface area contributed by atoms with Crippen LogP contribution in [0.15, 0.2) is 6.07 Å². The highest BCUT2D eigenvalue weighted by Gasteiger charge is 2.27. The molecule has 0 aromatic carbocycles. The van der Waals surface area contributed by atoms with Gasteiger partial charge in [0.15, 0.2) is 5.78 Å². The Labute approximate surface area is 125 Å². The minimum absolute atomic E-state index is 0.243. The average molecular weight is 299 g/mol. The minimum atomic E-state index is 0.243. The highest BCUT2D eigenvalue weighted by Crippen LogP contribution is 2.36. The molecule has 106 valence electrons. The lowest BCUT2D eigenvalue weighted by Crippen LogP contribution is -2.21. The lowest BCUT2D eigenvalue weighted by molar-refractivity contribution is 0.0873. The van der Waals surface area contributed by atoms with Crippen LogP contribution in [0.1, 0.15) is 67.1 Å². The third-order valence-corrected chi connectivity index (χ3v) is 5.85. The molecular weight excluding hydrogens is 276 g/mol. The lowest BCUT2D eigenvalue weighted by atomic mass is 9.78. The van der Waals surface area contributed by atoms with Crippen LogP contribution in [0.2, 0.25) is 4.34 Å². The lowest BCUT2D eigenvalue weighted by Gasteiger charge is -2.27. The molecular formula is C16H23ClOS. The average Bonchev–Trinajstić information content (AvgIpc) is 2.76. The van der Waals surface area contributed by atoms with Crippen molar-refractivity contribution in [3.8, 4) is 0 Å². The van der Waals surface area contributed by atoms with Gasteiger partial charge in [-0.1, -0.05) is 37.8 Å². The van der Waals surface area contributed by atoms with Crippen LogP contribution in [0, 0.1) is 18.8 Å². The minimum Gasteiger partial charge on any atom is -0.293 e. The van der Waals surface area contributed by atoms with Gasteiger partial charge in [0.05, 0.1) is 9.21 Å². The second-order valence-electron chi connectivity index (χ2n) is 5.79. The summed E-state index contributed by atoms with van der Waals surface area (Å²) >= 11 is 7.51. The topological polar surface area (TPSA) is 17.1 Å². The Balaban J connectivity index is 1.89.